The van der Waals surface area contributed by atoms with Gasteiger partial charge in [-0.1, -0.05) is 36.0 Å². The van der Waals surface area contributed by atoms with E-state index in [0.29, 0.717) is 11.3 Å². The van der Waals surface area contributed by atoms with E-state index in [2.05, 4.69) is 0 Å². The van der Waals surface area contributed by atoms with Crippen molar-refractivity contribution in [3.8, 4) is 0 Å². The number of carbonyl (C=O) groups excluding carboxylic acids is 1. The molecule has 0 aliphatic heterocycles. The van der Waals surface area contributed by atoms with Gasteiger partial charge >= 0.3 is 5.97 Å². The number of carboxylic acids is 1. The predicted octanol–water partition coefficient (Wildman–Crippen LogP) is 2.51. The van der Waals surface area contributed by atoms with Crippen molar-refractivity contribution in [2.75, 3.05) is 5.75 Å². The van der Waals surface area contributed by atoms with E-state index in [9.17, 15) is 19.7 Å². The van der Waals surface area contributed by atoms with Crippen LogP contribution >= 0.6 is 11.8 Å². The molecule has 0 radical (unpaired) electrons. The zero-order valence-electron chi connectivity index (χ0n) is 10.7. The average Bonchev–Trinajstić information content (AvgIpc) is 2.35. The number of carbonyl (C=O) groups is 2. The third-order valence-corrected chi connectivity index (χ3v) is 3.11. The van der Waals surface area contributed by atoms with E-state index in [0.717, 1.165) is 11.8 Å². The molecule has 0 spiro atoms. The number of hydrogen-bond acceptors (Lipinski definition) is 5. The number of benzene rings is 1. The molecule has 0 aromatic heterocycles. The summed E-state index contributed by atoms with van der Waals surface area (Å²) in [5.41, 5.74) is 0.543. The third-order valence-electron chi connectivity index (χ3n) is 2.34. The van der Waals surface area contributed by atoms with Crippen molar-refractivity contribution in [3.05, 3.63) is 45.5 Å². The van der Waals surface area contributed by atoms with Crippen molar-refractivity contribution >= 4 is 34.6 Å². The first kappa shape index (κ1) is 15.9. The van der Waals surface area contributed by atoms with Gasteiger partial charge in [0.25, 0.3) is 5.69 Å². The molecular formula is C13H13NO5S. The maximum atomic E-state index is 10.9. The maximum absolute atomic E-state index is 10.9. The minimum atomic E-state index is -1.12. The summed E-state index contributed by atoms with van der Waals surface area (Å²) in [4.78, 5) is 31.7. The summed E-state index contributed by atoms with van der Waals surface area (Å²) in [6.07, 6.45) is 3.00. The molecular weight excluding hydrogens is 282 g/mol. The van der Waals surface area contributed by atoms with E-state index < -0.39 is 10.9 Å². The lowest BCUT2D eigenvalue weighted by molar-refractivity contribution is -0.385. The molecule has 7 heteroatoms. The fourth-order valence-corrected chi connectivity index (χ4v) is 1.94. The molecule has 20 heavy (non-hydrogen) atoms. The molecule has 0 bridgehead atoms. The Kier molecular flexibility index (Phi) is 5.92. The van der Waals surface area contributed by atoms with Crippen LogP contribution in [0.2, 0.25) is 0 Å². The van der Waals surface area contributed by atoms with E-state index in [4.69, 9.17) is 5.11 Å². The van der Waals surface area contributed by atoms with Gasteiger partial charge in [-0.15, -0.1) is 0 Å². The first-order valence-corrected chi connectivity index (χ1v) is 6.67. The first-order valence-electron chi connectivity index (χ1n) is 5.69. The van der Waals surface area contributed by atoms with Gasteiger partial charge in [-0.05, 0) is 5.56 Å². The highest BCUT2D eigenvalue weighted by atomic mass is 32.2. The summed E-state index contributed by atoms with van der Waals surface area (Å²) < 4.78 is 0. The standard InChI is InChI=1S/C13H13NO5S/c1-9(15)20-6-2-3-10-4-5-11(8-13(16)17)12(7-10)14(18)19/h2-5,7H,6,8H2,1H3,(H,16,17). The summed E-state index contributed by atoms with van der Waals surface area (Å²) in [5, 5.41) is 19.6. The van der Waals surface area contributed by atoms with Gasteiger partial charge in [-0.3, -0.25) is 19.7 Å². The largest absolute Gasteiger partial charge is 0.481 e. The monoisotopic (exact) mass is 295 g/mol. The molecule has 0 aliphatic carbocycles. The Bertz CT molecular complexity index is 568. The van der Waals surface area contributed by atoms with Crippen molar-refractivity contribution in [3.63, 3.8) is 0 Å². The van der Waals surface area contributed by atoms with E-state index in [1.54, 1.807) is 18.2 Å². The van der Waals surface area contributed by atoms with Crippen molar-refractivity contribution in [1.82, 2.24) is 0 Å². The van der Waals surface area contributed by atoms with E-state index >= 15 is 0 Å². The van der Waals surface area contributed by atoms with Crippen LogP contribution in [0.15, 0.2) is 24.3 Å². The molecule has 1 aromatic carbocycles. The highest BCUT2D eigenvalue weighted by molar-refractivity contribution is 8.13. The van der Waals surface area contributed by atoms with E-state index in [-0.39, 0.29) is 22.8 Å². The van der Waals surface area contributed by atoms with Gasteiger partial charge in [-0.2, -0.15) is 0 Å². The minimum Gasteiger partial charge on any atom is -0.481 e. The van der Waals surface area contributed by atoms with Gasteiger partial charge < -0.3 is 5.11 Å². The molecule has 1 N–H and O–H groups in total. The fraction of sp³-hybridized carbons (Fsp3) is 0.231. The van der Waals surface area contributed by atoms with Crippen LogP contribution in [-0.2, 0) is 16.0 Å². The SMILES string of the molecule is CC(=O)SCC=Cc1ccc(CC(=O)O)c([N+](=O)[O-])c1. The van der Waals surface area contributed by atoms with Gasteiger partial charge in [0.1, 0.15) is 0 Å². The van der Waals surface area contributed by atoms with Crippen LogP contribution in [0, 0.1) is 10.1 Å². The molecule has 0 saturated heterocycles. The summed E-state index contributed by atoms with van der Waals surface area (Å²) in [5.74, 6) is -0.630. The summed E-state index contributed by atoms with van der Waals surface area (Å²) in [6, 6.07) is 4.37. The number of carboxylic acid groups (broad SMARTS) is 1. The van der Waals surface area contributed by atoms with Crippen LogP contribution in [0.3, 0.4) is 0 Å². The van der Waals surface area contributed by atoms with E-state index in [1.165, 1.54) is 19.1 Å². The zero-order chi connectivity index (χ0) is 15.1. The third kappa shape index (κ3) is 5.23. The van der Waals surface area contributed by atoms with Crippen molar-refractivity contribution in [2.24, 2.45) is 0 Å². The van der Waals surface area contributed by atoms with Crippen LogP contribution in [0.1, 0.15) is 18.1 Å². The number of thioether (sulfide) groups is 1. The second-order valence-electron chi connectivity index (χ2n) is 3.92. The van der Waals surface area contributed by atoms with Crippen LogP contribution in [0.25, 0.3) is 6.08 Å². The van der Waals surface area contributed by atoms with Gasteiger partial charge in [0, 0.05) is 24.3 Å². The quantitative estimate of drug-likeness (QED) is 0.639. The number of rotatable bonds is 6. The maximum Gasteiger partial charge on any atom is 0.308 e. The lowest BCUT2D eigenvalue weighted by Gasteiger charge is -2.01. The zero-order valence-corrected chi connectivity index (χ0v) is 11.6. The number of nitro benzene ring substituents is 1. The Balaban J connectivity index is 2.90. The Morgan fingerprint density at radius 2 is 2.15 bits per heavy atom. The molecule has 0 saturated carbocycles. The molecule has 0 amide bonds. The molecule has 0 heterocycles. The van der Waals surface area contributed by atoms with Gasteiger partial charge in [0.15, 0.2) is 5.12 Å². The Labute approximate surface area is 119 Å². The second-order valence-corrected chi connectivity index (χ2v) is 5.12. The summed E-state index contributed by atoms with van der Waals surface area (Å²) in [7, 11) is 0. The number of hydrogen-bond donors (Lipinski definition) is 1. The molecule has 0 unspecified atom stereocenters. The predicted molar refractivity (Wildman–Crippen MR) is 76.6 cm³/mol. The van der Waals surface area contributed by atoms with Crippen LogP contribution in [-0.4, -0.2) is 26.9 Å². The van der Waals surface area contributed by atoms with Gasteiger partial charge in [0.05, 0.1) is 11.3 Å². The summed E-state index contributed by atoms with van der Waals surface area (Å²) in [6.45, 7) is 1.46. The summed E-state index contributed by atoms with van der Waals surface area (Å²) >= 11 is 1.14. The van der Waals surface area contributed by atoms with Gasteiger partial charge in [0.2, 0.25) is 0 Å². The molecule has 1 aromatic rings. The molecule has 0 atom stereocenters. The molecule has 1 rings (SSSR count). The normalized spacial score (nSPS) is 10.7. The Morgan fingerprint density at radius 3 is 2.70 bits per heavy atom. The minimum absolute atomic E-state index is 0.00237. The van der Waals surface area contributed by atoms with Crippen molar-refractivity contribution in [2.45, 2.75) is 13.3 Å². The highest BCUT2D eigenvalue weighted by Crippen LogP contribution is 2.22. The molecule has 6 nitrogen and oxygen atoms in total. The van der Waals surface area contributed by atoms with E-state index in [1.807, 2.05) is 0 Å². The number of nitro groups is 1. The topological polar surface area (TPSA) is 97.5 Å². The van der Waals surface area contributed by atoms with Crippen LogP contribution in [0.5, 0.6) is 0 Å². The van der Waals surface area contributed by atoms with Crippen molar-refractivity contribution < 1.29 is 19.6 Å². The van der Waals surface area contributed by atoms with Crippen molar-refractivity contribution in [1.29, 1.82) is 0 Å². The first-order chi connectivity index (χ1) is 9.40. The number of nitrogens with zero attached hydrogens (tertiary/aromatic N) is 1. The van der Waals surface area contributed by atoms with Crippen LogP contribution in [0.4, 0.5) is 5.69 Å². The Hall–Kier alpha value is -2.15. The second kappa shape index (κ2) is 7.44. The Morgan fingerprint density at radius 1 is 1.45 bits per heavy atom. The highest BCUT2D eigenvalue weighted by Gasteiger charge is 2.16. The van der Waals surface area contributed by atoms with Crippen LogP contribution < -0.4 is 0 Å². The number of aliphatic carboxylic acids is 1. The molecule has 0 aliphatic rings. The average molecular weight is 295 g/mol. The smallest absolute Gasteiger partial charge is 0.308 e. The lowest BCUT2D eigenvalue weighted by atomic mass is 10.1. The van der Waals surface area contributed by atoms with Gasteiger partial charge in [-0.25, -0.2) is 0 Å². The fourth-order valence-electron chi connectivity index (χ4n) is 1.52. The molecule has 106 valence electrons. The lowest BCUT2D eigenvalue weighted by Crippen LogP contribution is -2.03. The molecule has 0 fully saturated rings.